The molecule has 0 bridgehead atoms. The number of allylic oxidation sites excluding steroid dienone is 1. The minimum absolute atomic E-state index is 0.0734. The Kier molecular flexibility index (Phi) is 10.3. The summed E-state index contributed by atoms with van der Waals surface area (Å²) in [5.74, 6) is -0.335. The van der Waals surface area contributed by atoms with E-state index in [1.165, 1.54) is 6.08 Å². The molecular formula is C30H38N2O5. The van der Waals surface area contributed by atoms with Crippen LogP contribution in [0, 0.1) is 0 Å². The van der Waals surface area contributed by atoms with Gasteiger partial charge in [-0.15, -0.1) is 0 Å². The van der Waals surface area contributed by atoms with Crippen LogP contribution in [0.5, 0.6) is 11.5 Å². The lowest BCUT2D eigenvalue weighted by molar-refractivity contribution is -0.129. The highest BCUT2D eigenvalue weighted by Crippen LogP contribution is 2.41. The van der Waals surface area contributed by atoms with Crippen LogP contribution < -0.4 is 9.47 Å². The number of methoxy groups -OCH3 is 1. The summed E-state index contributed by atoms with van der Waals surface area (Å²) in [4.78, 5) is 30.5. The molecule has 0 radical (unpaired) electrons. The first-order valence-corrected chi connectivity index (χ1v) is 13.0. The number of hydrogen-bond acceptors (Lipinski definition) is 6. The van der Waals surface area contributed by atoms with E-state index in [9.17, 15) is 14.7 Å². The number of nitrogens with zero attached hydrogens (tertiary/aromatic N) is 2. The van der Waals surface area contributed by atoms with Gasteiger partial charge in [0.1, 0.15) is 0 Å². The van der Waals surface area contributed by atoms with Crippen LogP contribution in [0.2, 0.25) is 0 Å². The number of benzene rings is 2. The predicted molar refractivity (Wildman–Crippen MR) is 146 cm³/mol. The Balaban J connectivity index is 1.97. The highest BCUT2D eigenvalue weighted by molar-refractivity contribution is 6.14. The first-order valence-electron chi connectivity index (χ1n) is 13.0. The van der Waals surface area contributed by atoms with Crippen molar-refractivity contribution in [2.75, 3.05) is 39.9 Å². The van der Waals surface area contributed by atoms with Crippen LogP contribution >= 0.6 is 0 Å². The maximum Gasteiger partial charge on any atom is 0.290 e. The van der Waals surface area contributed by atoms with Gasteiger partial charge in [0.2, 0.25) is 0 Å². The summed E-state index contributed by atoms with van der Waals surface area (Å²) in [6, 6.07) is 14.1. The Morgan fingerprint density at radius 1 is 1.08 bits per heavy atom. The van der Waals surface area contributed by atoms with Crippen LogP contribution in [0.1, 0.15) is 50.8 Å². The van der Waals surface area contributed by atoms with Crippen LogP contribution in [-0.4, -0.2) is 66.5 Å². The Hall–Kier alpha value is -3.58. The quantitative estimate of drug-likeness (QED) is 0.355. The molecule has 1 unspecified atom stereocenters. The standard InChI is InChI=1S/C30H38N2O5/c1-5-20-37-25-17-15-23(21-26(25)36-4)28-27(24(33)16-14-22-12-9-8-10-13-22)29(34)30(35)32(28)19-11-18-31(6-2)7-3/h8-10,12-17,21,28,34H,5-7,11,18-20H2,1-4H3/b16-14+. The molecule has 0 aliphatic carbocycles. The number of amides is 1. The highest BCUT2D eigenvalue weighted by Gasteiger charge is 2.42. The second-order valence-electron chi connectivity index (χ2n) is 8.91. The molecule has 37 heavy (non-hydrogen) atoms. The largest absolute Gasteiger partial charge is 0.503 e. The third-order valence-electron chi connectivity index (χ3n) is 6.53. The summed E-state index contributed by atoms with van der Waals surface area (Å²) in [5, 5.41) is 10.9. The van der Waals surface area contributed by atoms with Gasteiger partial charge < -0.3 is 24.4 Å². The van der Waals surface area contributed by atoms with E-state index in [-0.39, 0.29) is 5.57 Å². The normalized spacial score (nSPS) is 15.8. The first kappa shape index (κ1) is 28.0. The van der Waals surface area contributed by atoms with E-state index in [2.05, 4.69) is 18.7 Å². The van der Waals surface area contributed by atoms with E-state index in [0.29, 0.717) is 36.6 Å². The predicted octanol–water partition coefficient (Wildman–Crippen LogP) is 5.19. The average Bonchev–Trinajstić information content (AvgIpc) is 3.18. The monoisotopic (exact) mass is 506 g/mol. The van der Waals surface area contributed by atoms with E-state index in [1.807, 2.05) is 43.3 Å². The van der Waals surface area contributed by atoms with Crippen molar-refractivity contribution < 1.29 is 24.2 Å². The number of aliphatic hydroxyl groups excluding tert-OH is 1. The molecule has 198 valence electrons. The zero-order chi connectivity index (χ0) is 26.8. The molecule has 2 aromatic carbocycles. The molecule has 1 amide bonds. The third kappa shape index (κ3) is 6.80. The molecule has 3 rings (SSSR count). The van der Waals surface area contributed by atoms with Gasteiger partial charge in [0.05, 0.1) is 25.3 Å². The van der Waals surface area contributed by atoms with Crippen molar-refractivity contribution in [2.45, 2.75) is 39.7 Å². The molecule has 1 atom stereocenters. The van der Waals surface area contributed by atoms with Gasteiger partial charge in [-0.2, -0.15) is 0 Å². The van der Waals surface area contributed by atoms with Crippen molar-refractivity contribution in [3.63, 3.8) is 0 Å². The van der Waals surface area contributed by atoms with Gasteiger partial charge >= 0.3 is 0 Å². The summed E-state index contributed by atoms with van der Waals surface area (Å²) in [5.41, 5.74) is 1.61. The molecule has 0 saturated carbocycles. The van der Waals surface area contributed by atoms with Gasteiger partial charge in [-0.05, 0) is 61.8 Å². The van der Waals surface area contributed by atoms with Crippen LogP contribution in [0.3, 0.4) is 0 Å². The molecule has 0 saturated heterocycles. The molecule has 7 heteroatoms. The maximum absolute atomic E-state index is 13.4. The second-order valence-corrected chi connectivity index (χ2v) is 8.91. The van der Waals surface area contributed by atoms with Crippen molar-refractivity contribution in [1.82, 2.24) is 9.80 Å². The van der Waals surface area contributed by atoms with Crippen LogP contribution in [-0.2, 0) is 9.59 Å². The van der Waals surface area contributed by atoms with Gasteiger partial charge in [0.25, 0.3) is 5.91 Å². The highest BCUT2D eigenvalue weighted by atomic mass is 16.5. The van der Waals surface area contributed by atoms with Gasteiger partial charge in [0, 0.05) is 6.54 Å². The molecule has 1 heterocycles. The molecule has 1 aliphatic heterocycles. The van der Waals surface area contributed by atoms with Crippen molar-refractivity contribution in [2.24, 2.45) is 0 Å². The number of carbonyl (C=O) groups excluding carboxylic acids is 2. The van der Waals surface area contributed by atoms with E-state index in [4.69, 9.17) is 9.47 Å². The minimum Gasteiger partial charge on any atom is -0.503 e. The number of ether oxygens (including phenoxy) is 2. The van der Waals surface area contributed by atoms with Crippen molar-refractivity contribution >= 4 is 17.8 Å². The van der Waals surface area contributed by atoms with E-state index < -0.39 is 23.5 Å². The average molecular weight is 507 g/mol. The summed E-state index contributed by atoms with van der Waals surface area (Å²) < 4.78 is 11.4. The maximum atomic E-state index is 13.4. The minimum atomic E-state index is -0.730. The summed E-state index contributed by atoms with van der Waals surface area (Å²) in [6.45, 7) is 9.83. The SMILES string of the molecule is CCCOc1ccc(C2C(C(=O)/C=C/c3ccccc3)=C(O)C(=O)N2CCCN(CC)CC)cc1OC. The fraction of sp³-hybridized carbons (Fsp3) is 0.400. The Bertz CT molecular complexity index is 1120. The van der Waals surface area contributed by atoms with Crippen LogP contribution in [0.4, 0.5) is 0 Å². The van der Waals surface area contributed by atoms with Crippen LogP contribution in [0.25, 0.3) is 6.08 Å². The Morgan fingerprint density at radius 2 is 1.81 bits per heavy atom. The van der Waals surface area contributed by atoms with E-state index in [0.717, 1.165) is 31.6 Å². The molecule has 0 fully saturated rings. The van der Waals surface area contributed by atoms with Crippen molar-refractivity contribution in [1.29, 1.82) is 0 Å². The number of rotatable bonds is 14. The molecule has 7 nitrogen and oxygen atoms in total. The summed E-state index contributed by atoms with van der Waals surface area (Å²) in [7, 11) is 1.56. The van der Waals surface area contributed by atoms with Crippen molar-refractivity contribution in [3.05, 3.63) is 77.1 Å². The zero-order valence-corrected chi connectivity index (χ0v) is 22.3. The van der Waals surface area contributed by atoms with E-state index >= 15 is 0 Å². The number of carbonyl (C=O) groups is 2. The topological polar surface area (TPSA) is 79.3 Å². The lowest BCUT2D eigenvalue weighted by Gasteiger charge is -2.28. The van der Waals surface area contributed by atoms with Gasteiger partial charge in [0.15, 0.2) is 23.0 Å². The summed E-state index contributed by atoms with van der Waals surface area (Å²) >= 11 is 0. The lowest BCUT2D eigenvalue weighted by Crippen LogP contribution is -2.34. The Labute approximate surface area is 220 Å². The number of ketones is 1. The Morgan fingerprint density at radius 3 is 2.46 bits per heavy atom. The molecule has 0 spiro atoms. The van der Waals surface area contributed by atoms with E-state index in [1.54, 1.807) is 30.2 Å². The second kappa shape index (κ2) is 13.7. The lowest BCUT2D eigenvalue weighted by atomic mass is 9.95. The van der Waals surface area contributed by atoms with Gasteiger partial charge in [-0.1, -0.05) is 63.2 Å². The fourth-order valence-corrected chi connectivity index (χ4v) is 4.50. The summed E-state index contributed by atoms with van der Waals surface area (Å²) in [6.07, 6.45) is 4.67. The molecule has 1 aliphatic rings. The zero-order valence-electron chi connectivity index (χ0n) is 22.3. The van der Waals surface area contributed by atoms with Gasteiger partial charge in [-0.3, -0.25) is 9.59 Å². The molecular weight excluding hydrogens is 468 g/mol. The van der Waals surface area contributed by atoms with Gasteiger partial charge in [-0.25, -0.2) is 0 Å². The van der Waals surface area contributed by atoms with Crippen molar-refractivity contribution in [3.8, 4) is 11.5 Å². The fourth-order valence-electron chi connectivity index (χ4n) is 4.50. The molecule has 2 aromatic rings. The number of aliphatic hydroxyl groups is 1. The molecule has 0 aromatic heterocycles. The smallest absolute Gasteiger partial charge is 0.290 e. The first-order chi connectivity index (χ1) is 17.9. The third-order valence-corrected chi connectivity index (χ3v) is 6.53. The van der Waals surface area contributed by atoms with Crippen LogP contribution in [0.15, 0.2) is 65.9 Å². The number of hydrogen-bond donors (Lipinski definition) is 1. The molecule has 1 N–H and O–H groups in total.